The molecule has 4 rings (SSSR count). The summed E-state index contributed by atoms with van der Waals surface area (Å²) in [4.78, 5) is 12.8. The van der Waals surface area contributed by atoms with Gasteiger partial charge in [-0.3, -0.25) is 4.79 Å². The SMILES string of the molecule is Cc1ccc2c(c1)NC(=O)c1cc(S(=O)(=O)N3CCCCC3)ccc1O2. The number of rotatable bonds is 2. The largest absolute Gasteiger partial charge is 0.454 e. The van der Waals surface area contributed by atoms with Gasteiger partial charge in [0.15, 0.2) is 5.75 Å². The van der Waals surface area contributed by atoms with Crippen LogP contribution in [0.2, 0.25) is 0 Å². The lowest BCUT2D eigenvalue weighted by Gasteiger charge is -2.26. The molecule has 1 saturated heterocycles. The Bertz CT molecular complexity index is 979. The standard InChI is InChI=1S/C19H20N2O4S/c1-13-5-7-18-16(11-13)20-19(22)15-12-14(6-8-17(15)25-18)26(23,24)21-9-3-2-4-10-21/h5-8,11-12H,2-4,9-10H2,1H3,(H,20,22). The highest BCUT2D eigenvalue weighted by Gasteiger charge is 2.29. The summed E-state index contributed by atoms with van der Waals surface area (Å²) < 4.78 is 33.1. The molecule has 1 fully saturated rings. The van der Waals surface area contributed by atoms with E-state index >= 15 is 0 Å². The summed E-state index contributed by atoms with van der Waals surface area (Å²) in [6, 6.07) is 9.98. The van der Waals surface area contributed by atoms with E-state index in [1.165, 1.54) is 16.4 Å². The van der Waals surface area contributed by atoms with Crippen molar-refractivity contribution in [1.82, 2.24) is 4.31 Å². The van der Waals surface area contributed by atoms with Crippen molar-refractivity contribution in [3.63, 3.8) is 0 Å². The lowest BCUT2D eigenvalue weighted by Crippen LogP contribution is -2.35. The second-order valence-corrected chi connectivity index (χ2v) is 8.62. The minimum atomic E-state index is -3.61. The third kappa shape index (κ3) is 2.97. The van der Waals surface area contributed by atoms with E-state index in [-0.39, 0.29) is 16.4 Å². The summed E-state index contributed by atoms with van der Waals surface area (Å²) >= 11 is 0. The maximum absolute atomic E-state index is 12.9. The van der Waals surface area contributed by atoms with Crippen molar-refractivity contribution >= 4 is 21.6 Å². The Labute approximate surface area is 152 Å². The van der Waals surface area contributed by atoms with E-state index in [0.29, 0.717) is 30.3 Å². The van der Waals surface area contributed by atoms with Crippen molar-refractivity contribution in [2.24, 2.45) is 0 Å². The number of hydrogen-bond acceptors (Lipinski definition) is 4. The third-order valence-electron chi connectivity index (χ3n) is 4.75. The Kier molecular flexibility index (Phi) is 4.20. The van der Waals surface area contributed by atoms with Gasteiger partial charge in [0.1, 0.15) is 5.75 Å². The van der Waals surface area contributed by atoms with E-state index in [9.17, 15) is 13.2 Å². The van der Waals surface area contributed by atoms with Crippen LogP contribution in [0.5, 0.6) is 11.5 Å². The molecule has 6 nitrogen and oxygen atoms in total. The summed E-state index contributed by atoms with van der Waals surface area (Å²) in [6.45, 7) is 2.97. The first-order valence-electron chi connectivity index (χ1n) is 8.69. The first kappa shape index (κ1) is 17.1. The third-order valence-corrected chi connectivity index (χ3v) is 6.65. The quantitative estimate of drug-likeness (QED) is 0.875. The average molecular weight is 372 g/mol. The van der Waals surface area contributed by atoms with Crippen LogP contribution in [0.3, 0.4) is 0 Å². The Morgan fingerprint density at radius 2 is 1.73 bits per heavy atom. The van der Waals surface area contributed by atoms with E-state index < -0.39 is 10.0 Å². The summed E-state index contributed by atoms with van der Waals surface area (Å²) in [5, 5.41) is 2.81. The molecule has 0 bridgehead atoms. The number of nitrogens with one attached hydrogen (secondary N) is 1. The molecule has 7 heteroatoms. The van der Waals surface area contributed by atoms with Crippen LogP contribution >= 0.6 is 0 Å². The number of sulfonamides is 1. The normalized spacial score (nSPS) is 17.5. The van der Waals surface area contributed by atoms with Gasteiger partial charge in [0.05, 0.1) is 16.1 Å². The van der Waals surface area contributed by atoms with Gasteiger partial charge in [0, 0.05) is 13.1 Å². The van der Waals surface area contributed by atoms with Crippen molar-refractivity contribution in [1.29, 1.82) is 0 Å². The predicted octanol–water partition coefficient (Wildman–Crippen LogP) is 3.53. The summed E-state index contributed by atoms with van der Waals surface area (Å²) in [5.41, 5.74) is 1.79. The fourth-order valence-corrected chi connectivity index (χ4v) is 4.87. The Hall–Kier alpha value is -2.38. The second-order valence-electron chi connectivity index (χ2n) is 6.68. The van der Waals surface area contributed by atoms with E-state index in [4.69, 9.17) is 4.74 Å². The Balaban J connectivity index is 1.73. The van der Waals surface area contributed by atoms with E-state index in [2.05, 4.69) is 5.32 Å². The summed E-state index contributed by atoms with van der Waals surface area (Å²) in [6.07, 6.45) is 2.77. The van der Waals surface area contributed by atoms with Crippen LogP contribution in [0.15, 0.2) is 41.3 Å². The van der Waals surface area contributed by atoms with Gasteiger partial charge in [-0.15, -0.1) is 0 Å². The number of aryl methyl sites for hydroxylation is 1. The van der Waals surface area contributed by atoms with Gasteiger partial charge in [-0.25, -0.2) is 8.42 Å². The molecular formula is C19H20N2O4S. The van der Waals surface area contributed by atoms with Gasteiger partial charge in [-0.05, 0) is 55.7 Å². The fraction of sp³-hybridized carbons (Fsp3) is 0.316. The van der Waals surface area contributed by atoms with Crippen LogP contribution in [-0.4, -0.2) is 31.7 Å². The highest BCUT2D eigenvalue weighted by molar-refractivity contribution is 7.89. The molecule has 0 aliphatic carbocycles. The molecule has 2 aromatic carbocycles. The fourth-order valence-electron chi connectivity index (χ4n) is 3.33. The van der Waals surface area contributed by atoms with Crippen LogP contribution in [0, 0.1) is 6.92 Å². The highest BCUT2D eigenvalue weighted by Crippen LogP contribution is 2.37. The number of hydrogen-bond donors (Lipinski definition) is 1. The topological polar surface area (TPSA) is 75.7 Å². The molecule has 0 saturated carbocycles. The first-order chi connectivity index (χ1) is 12.4. The average Bonchev–Trinajstić information content (AvgIpc) is 2.77. The number of amides is 1. The zero-order chi connectivity index (χ0) is 18.3. The lowest BCUT2D eigenvalue weighted by molar-refractivity contribution is 0.102. The molecule has 2 aliphatic heterocycles. The van der Waals surface area contributed by atoms with Gasteiger partial charge >= 0.3 is 0 Å². The monoisotopic (exact) mass is 372 g/mol. The van der Waals surface area contributed by atoms with Gasteiger partial charge in [-0.2, -0.15) is 4.31 Å². The maximum atomic E-state index is 12.9. The molecule has 0 spiro atoms. The maximum Gasteiger partial charge on any atom is 0.259 e. The minimum absolute atomic E-state index is 0.124. The van der Waals surface area contributed by atoms with E-state index in [1.54, 1.807) is 12.1 Å². The van der Waals surface area contributed by atoms with Crippen molar-refractivity contribution in [3.05, 3.63) is 47.5 Å². The smallest absolute Gasteiger partial charge is 0.259 e. The van der Waals surface area contributed by atoms with Crippen molar-refractivity contribution < 1.29 is 17.9 Å². The second kappa shape index (κ2) is 6.41. The molecule has 0 atom stereocenters. The lowest BCUT2D eigenvalue weighted by atomic mass is 10.2. The molecule has 1 N–H and O–H groups in total. The summed E-state index contributed by atoms with van der Waals surface area (Å²) in [5.74, 6) is 0.511. The molecule has 26 heavy (non-hydrogen) atoms. The van der Waals surface area contributed by atoms with Crippen LogP contribution in [0.25, 0.3) is 0 Å². The van der Waals surface area contributed by atoms with Gasteiger partial charge < -0.3 is 10.1 Å². The van der Waals surface area contributed by atoms with Crippen molar-refractivity contribution in [2.45, 2.75) is 31.1 Å². The molecule has 2 heterocycles. The molecule has 136 valence electrons. The zero-order valence-corrected chi connectivity index (χ0v) is 15.3. The molecular weight excluding hydrogens is 352 g/mol. The van der Waals surface area contributed by atoms with Crippen molar-refractivity contribution in [2.75, 3.05) is 18.4 Å². The number of anilines is 1. The van der Waals surface area contributed by atoms with Crippen LogP contribution in [-0.2, 0) is 10.0 Å². The van der Waals surface area contributed by atoms with Gasteiger partial charge in [0.2, 0.25) is 10.0 Å². The zero-order valence-electron chi connectivity index (χ0n) is 14.5. The van der Waals surface area contributed by atoms with Crippen LogP contribution < -0.4 is 10.1 Å². The Morgan fingerprint density at radius 3 is 2.50 bits per heavy atom. The number of fused-ring (bicyclic) bond motifs is 2. The molecule has 0 radical (unpaired) electrons. The number of ether oxygens (including phenoxy) is 1. The Morgan fingerprint density at radius 1 is 1.00 bits per heavy atom. The predicted molar refractivity (Wildman–Crippen MR) is 98.3 cm³/mol. The van der Waals surface area contributed by atoms with Crippen LogP contribution in [0.4, 0.5) is 5.69 Å². The number of carbonyl (C=O) groups excluding carboxylic acids is 1. The summed E-state index contributed by atoms with van der Waals surface area (Å²) in [7, 11) is -3.61. The minimum Gasteiger partial charge on any atom is -0.454 e. The molecule has 2 aliphatic rings. The number of carbonyl (C=O) groups is 1. The van der Waals surface area contributed by atoms with E-state index in [0.717, 1.165) is 24.8 Å². The number of benzene rings is 2. The number of piperidine rings is 1. The molecule has 0 aromatic heterocycles. The first-order valence-corrected chi connectivity index (χ1v) is 10.1. The van der Waals surface area contributed by atoms with Crippen molar-refractivity contribution in [3.8, 4) is 11.5 Å². The molecule has 0 unspecified atom stereocenters. The molecule has 1 amide bonds. The number of nitrogens with zero attached hydrogens (tertiary/aromatic N) is 1. The van der Waals surface area contributed by atoms with Gasteiger partial charge in [-0.1, -0.05) is 12.5 Å². The van der Waals surface area contributed by atoms with Crippen LogP contribution in [0.1, 0.15) is 35.2 Å². The van der Waals surface area contributed by atoms with Gasteiger partial charge in [0.25, 0.3) is 5.91 Å². The highest BCUT2D eigenvalue weighted by atomic mass is 32.2. The molecule has 2 aromatic rings. The van der Waals surface area contributed by atoms with E-state index in [1.807, 2.05) is 19.1 Å².